The normalized spacial score (nSPS) is 24.2. The van der Waals surface area contributed by atoms with Crippen molar-refractivity contribution in [3.63, 3.8) is 0 Å². The number of benzene rings is 1. The summed E-state index contributed by atoms with van der Waals surface area (Å²) in [6, 6.07) is 8.52. The van der Waals surface area contributed by atoms with E-state index < -0.39 is 23.1 Å². The Labute approximate surface area is 168 Å². The average Bonchev–Trinajstić information content (AvgIpc) is 2.62. The van der Waals surface area contributed by atoms with Gasteiger partial charge in [-0.05, 0) is 30.1 Å². The molecule has 4 unspecified atom stereocenters. The van der Waals surface area contributed by atoms with Crippen molar-refractivity contribution in [2.45, 2.75) is 53.9 Å². The number of hydrogen-bond acceptors (Lipinski definition) is 3. The maximum atomic E-state index is 13.2. The zero-order valence-corrected chi connectivity index (χ0v) is 17.6. The third kappa shape index (κ3) is 3.96. The monoisotopic (exact) mass is 384 g/mol. The number of aliphatic carboxylic acids is 1. The van der Waals surface area contributed by atoms with Gasteiger partial charge in [0, 0.05) is 17.9 Å². The van der Waals surface area contributed by atoms with Gasteiger partial charge in [0.25, 0.3) is 0 Å². The molecular weight excluding hydrogens is 352 g/mol. The van der Waals surface area contributed by atoms with Crippen LogP contribution in [0.2, 0.25) is 0 Å². The van der Waals surface area contributed by atoms with Gasteiger partial charge in [0.05, 0.1) is 0 Å². The molecule has 0 heterocycles. The minimum Gasteiger partial charge on any atom is -0.480 e. The Hall–Kier alpha value is -2.23. The second kappa shape index (κ2) is 8.42. The van der Waals surface area contributed by atoms with Crippen LogP contribution in [0, 0.1) is 28.6 Å². The Bertz CT molecular complexity index is 762. The van der Waals surface area contributed by atoms with Gasteiger partial charge < -0.3 is 5.11 Å². The Balaban J connectivity index is 2.35. The molecule has 28 heavy (non-hydrogen) atoms. The van der Waals surface area contributed by atoms with Crippen molar-refractivity contribution in [3.8, 4) is 0 Å². The molecule has 4 nitrogen and oxygen atoms in total. The maximum Gasteiger partial charge on any atom is 0.317 e. The highest BCUT2D eigenvalue weighted by Crippen LogP contribution is 2.44. The lowest BCUT2D eigenvalue weighted by Crippen LogP contribution is -2.46. The predicted molar refractivity (Wildman–Crippen MR) is 110 cm³/mol. The molecule has 1 aliphatic carbocycles. The Morgan fingerprint density at radius 1 is 1.21 bits per heavy atom. The number of allylic oxidation sites excluding steroid dienone is 2. The van der Waals surface area contributed by atoms with E-state index in [-0.39, 0.29) is 35.9 Å². The van der Waals surface area contributed by atoms with Crippen molar-refractivity contribution in [3.05, 3.63) is 48.0 Å². The van der Waals surface area contributed by atoms with Gasteiger partial charge in [-0.25, -0.2) is 0 Å². The number of rotatable bonds is 8. The third-order valence-electron chi connectivity index (χ3n) is 6.53. The maximum absolute atomic E-state index is 13.2. The summed E-state index contributed by atoms with van der Waals surface area (Å²) < 4.78 is 0. The summed E-state index contributed by atoms with van der Waals surface area (Å²) in [5, 5.41) is 10.1. The highest BCUT2D eigenvalue weighted by molar-refractivity contribution is 6.12. The number of hydrogen-bond donors (Lipinski definition) is 1. The number of Topliss-reactive ketones (excluding diaryl/α,β-unsaturated/α-hetero) is 2. The summed E-state index contributed by atoms with van der Waals surface area (Å²) in [5.41, 5.74) is -1.40. The highest BCUT2D eigenvalue weighted by Gasteiger charge is 2.51. The van der Waals surface area contributed by atoms with Crippen LogP contribution in [0.3, 0.4) is 0 Å². The Morgan fingerprint density at radius 2 is 1.82 bits per heavy atom. The van der Waals surface area contributed by atoms with E-state index in [1.165, 1.54) is 0 Å². The number of carboxylic acid groups (broad SMARTS) is 1. The van der Waals surface area contributed by atoms with Crippen molar-refractivity contribution in [2.24, 2.45) is 28.6 Å². The molecular formula is C24H32O4. The van der Waals surface area contributed by atoms with Crippen LogP contribution in [0.5, 0.6) is 0 Å². The molecule has 2 rings (SSSR count). The van der Waals surface area contributed by atoms with E-state index in [2.05, 4.69) is 26.0 Å². The van der Waals surface area contributed by atoms with Crippen LogP contribution < -0.4 is 0 Å². The van der Waals surface area contributed by atoms with Crippen LogP contribution >= 0.6 is 0 Å². The summed E-state index contributed by atoms with van der Waals surface area (Å²) in [6.07, 6.45) is 5.24. The predicted octanol–water partition coefficient (Wildman–Crippen LogP) is 5.18. The number of carbonyl (C=O) groups excluding carboxylic acids is 2. The first kappa shape index (κ1) is 22.1. The minimum atomic E-state index is -1.60. The van der Waals surface area contributed by atoms with E-state index in [1.807, 2.05) is 6.92 Å². The Kier molecular flexibility index (Phi) is 6.63. The van der Waals surface area contributed by atoms with Crippen LogP contribution in [0.1, 0.15) is 64.2 Å². The lowest BCUT2D eigenvalue weighted by Gasteiger charge is -2.40. The lowest BCUT2D eigenvalue weighted by atomic mass is 9.62. The van der Waals surface area contributed by atoms with E-state index in [0.717, 1.165) is 6.42 Å². The zero-order chi connectivity index (χ0) is 21.1. The summed E-state index contributed by atoms with van der Waals surface area (Å²) in [7, 11) is 0. The van der Waals surface area contributed by atoms with E-state index in [1.54, 1.807) is 44.2 Å². The van der Waals surface area contributed by atoms with Crippen molar-refractivity contribution in [1.82, 2.24) is 0 Å². The molecule has 0 aromatic heterocycles. The van der Waals surface area contributed by atoms with Gasteiger partial charge in [-0.2, -0.15) is 0 Å². The van der Waals surface area contributed by atoms with Gasteiger partial charge in [-0.1, -0.05) is 77.1 Å². The second-order valence-electron chi connectivity index (χ2n) is 8.85. The molecule has 0 amide bonds. The largest absolute Gasteiger partial charge is 0.480 e. The molecule has 1 aromatic carbocycles. The molecule has 0 saturated carbocycles. The summed E-state index contributed by atoms with van der Waals surface area (Å²) in [5.74, 6) is -2.18. The molecule has 1 aromatic rings. The topological polar surface area (TPSA) is 71.4 Å². The summed E-state index contributed by atoms with van der Waals surface area (Å²) >= 11 is 0. The molecule has 0 spiro atoms. The zero-order valence-electron chi connectivity index (χ0n) is 17.6. The minimum absolute atomic E-state index is 0.0503. The van der Waals surface area contributed by atoms with Gasteiger partial charge in [-0.15, -0.1) is 0 Å². The SMILES string of the molecule is CCC(C(=O)O)(C(=O)c1ccccc1)C(C)CC(=O)C1C(C)C=CCC1(C)C. The van der Waals surface area contributed by atoms with Gasteiger partial charge in [-0.3, -0.25) is 14.4 Å². The summed E-state index contributed by atoms with van der Waals surface area (Å²) in [4.78, 5) is 38.8. The van der Waals surface area contributed by atoms with Gasteiger partial charge in [0.1, 0.15) is 11.2 Å². The van der Waals surface area contributed by atoms with Crippen LogP contribution in [-0.2, 0) is 9.59 Å². The fourth-order valence-electron chi connectivity index (χ4n) is 4.91. The van der Waals surface area contributed by atoms with Crippen LogP contribution in [0.15, 0.2) is 42.5 Å². The molecule has 0 saturated heterocycles. The molecule has 4 heteroatoms. The van der Waals surface area contributed by atoms with Crippen LogP contribution in [-0.4, -0.2) is 22.6 Å². The van der Waals surface area contributed by atoms with Crippen LogP contribution in [0.25, 0.3) is 0 Å². The fraction of sp³-hybridized carbons (Fsp3) is 0.542. The van der Waals surface area contributed by atoms with Crippen molar-refractivity contribution in [1.29, 1.82) is 0 Å². The molecule has 1 N–H and O–H groups in total. The van der Waals surface area contributed by atoms with E-state index >= 15 is 0 Å². The van der Waals surface area contributed by atoms with E-state index in [4.69, 9.17) is 0 Å². The molecule has 152 valence electrons. The van der Waals surface area contributed by atoms with Gasteiger partial charge in [0.2, 0.25) is 0 Å². The third-order valence-corrected chi connectivity index (χ3v) is 6.53. The van der Waals surface area contributed by atoms with Crippen molar-refractivity contribution in [2.75, 3.05) is 0 Å². The highest BCUT2D eigenvalue weighted by atomic mass is 16.4. The number of carbonyl (C=O) groups is 3. The fourth-order valence-corrected chi connectivity index (χ4v) is 4.91. The van der Waals surface area contributed by atoms with Crippen molar-refractivity contribution < 1.29 is 19.5 Å². The van der Waals surface area contributed by atoms with Crippen LogP contribution in [0.4, 0.5) is 0 Å². The van der Waals surface area contributed by atoms with Gasteiger partial charge >= 0.3 is 5.97 Å². The molecule has 1 aliphatic rings. The molecule has 0 radical (unpaired) electrons. The molecule has 0 fully saturated rings. The molecule has 4 atom stereocenters. The first-order valence-electron chi connectivity index (χ1n) is 10.1. The quantitative estimate of drug-likeness (QED) is 0.381. The lowest BCUT2D eigenvalue weighted by molar-refractivity contribution is -0.149. The summed E-state index contributed by atoms with van der Waals surface area (Å²) in [6.45, 7) is 9.64. The van der Waals surface area contributed by atoms with Gasteiger partial charge in [0.15, 0.2) is 5.78 Å². The molecule has 0 aliphatic heterocycles. The first-order chi connectivity index (χ1) is 13.1. The standard InChI is InChI=1S/C24H32O4/c1-6-24(22(27)28,21(26)18-12-8-7-9-13-18)17(3)15-19(25)20-16(2)11-10-14-23(20,4)5/h7-13,16-17,20H,6,14-15H2,1-5H3,(H,27,28). The number of ketones is 2. The molecule has 0 bridgehead atoms. The Morgan fingerprint density at radius 3 is 2.32 bits per heavy atom. The van der Waals surface area contributed by atoms with E-state index in [0.29, 0.717) is 5.56 Å². The average molecular weight is 385 g/mol. The van der Waals surface area contributed by atoms with Crippen molar-refractivity contribution >= 4 is 17.5 Å². The smallest absolute Gasteiger partial charge is 0.317 e. The van der Waals surface area contributed by atoms with E-state index in [9.17, 15) is 19.5 Å². The number of carboxylic acids is 1. The second-order valence-corrected chi connectivity index (χ2v) is 8.85. The first-order valence-corrected chi connectivity index (χ1v) is 10.1.